The molecule has 0 fully saturated rings. The summed E-state index contributed by atoms with van der Waals surface area (Å²) in [6.07, 6.45) is 2.81. The van der Waals surface area contributed by atoms with Crippen molar-refractivity contribution in [3.8, 4) is 11.5 Å². The summed E-state index contributed by atoms with van der Waals surface area (Å²) >= 11 is 1.51. The highest BCUT2D eigenvalue weighted by Crippen LogP contribution is 2.44. The van der Waals surface area contributed by atoms with Crippen LogP contribution >= 0.6 is 11.8 Å². The van der Waals surface area contributed by atoms with Gasteiger partial charge in [0.05, 0.1) is 4.90 Å². The van der Waals surface area contributed by atoms with Gasteiger partial charge in [0, 0.05) is 25.6 Å². The van der Waals surface area contributed by atoms with Crippen molar-refractivity contribution in [1.29, 1.82) is 0 Å². The standard InChI is InChI=1S/C24H25NO2S/c1-28-24-19-12-13-25(15-17-8-4-2-5-9-17)16-21(18-10-6-3-7-11-18)20(19)14-22(26)23(24)27/h2-11,14,21,26-27H,12-13,15-16H2,1H3. The summed E-state index contributed by atoms with van der Waals surface area (Å²) in [4.78, 5) is 3.28. The lowest BCUT2D eigenvalue weighted by Crippen LogP contribution is -2.28. The van der Waals surface area contributed by atoms with Gasteiger partial charge in [-0.3, -0.25) is 4.90 Å². The Labute approximate surface area is 170 Å². The van der Waals surface area contributed by atoms with Gasteiger partial charge in [-0.15, -0.1) is 11.8 Å². The number of phenolic OH excluding ortho intramolecular Hbond substituents is 2. The van der Waals surface area contributed by atoms with E-state index < -0.39 is 0 Å². The SMILES string of the molecule is CSc1c(O)c(O)cc2c1CCN(Cc1ccccc1)CC2c1ccccc1. The van der Waals surface area contributed by atoms with Crippen molar-refractivity contribution < 1.29 is 10.2 Å². The minimum atomic E-state index is -0.0273. The molecule has 3 nitrogen and oxygen atoms in total. The van der Waals surface area contributed by atoms with Gasteiger partial charge in [0.2, 0.25) is 0 Å². The maximum Gasteiger partial charge on any atom is 0.171 e. The van der Waals surface area contributed by atoms with Crippen LogP contribution in [0.5, 0.6) is 11.5 Å². The van der Waals surface area contributed by atoms with E-state index in [1.807, 2.05) is 18.4 Å². The van der Waals surface area contributed by atoms with Crippen LogP contribution in [0.2, 0.25) is 0 Å². The van der Waals surface area contributed by atoms with E-state index in [1.54, 1.807) is 6.07 Å². The molecule has 3 aromatic carbocycles. The number of benzene rings is 3. The summed E-state index contributed by atoms with van der Waals surface area (Å²) in [5.74, 6) is 0.134. The smallest absolute Gasteiger partial charge is 0.171 e. The summed E-state index contributed by atoms with van der Waals surface area (Å²) < 4.78 is 0. The summed E-state index contributed by atoms with van der Waals surface area (Å²) in [5, 5.41) is 20.8. The van der Waals surface area contributed by atoms with Crippen LogP contribution in [0.1, 0.15) is 28.2 Å². The number of hydrogen-bond donors (Lipinski definition) is 2. The highest BCUT2D eigenvalue weighted by Gasteiger charge is 2.28. The lowest BCUT2D eigenvalue weighted by atomic mass is 9.87. The van der Waals surface area contributed by atoms with Gasteiger partial charge in [0.1, 0.15) is 0 Å². The minimum absolute atomic E-state index is 0.00886. The molecule has 1 aliphatic heterocycles. The van der Waals surface area contributed by atoms with E-state index in [0.717, 1.165) is 42.1 Å². The molecule has 1 aliphatic rings. The average molecular weight is 392 g/mol. The molecular weight excluding hydrogens is 366 g/mol. The summed E-state index contributed by atoms with van der Waals surface area (Å²) in [6, 6.07) is 22.8. The van der Waals surface area contributed by atoms with E-state index in [2.05, 4.69) is 53.4 Å². The Kier molecular flexibility index (Phi) is 5.60. The van der Waals surface area contributed by atoms with E-state index in [4.69, 9.17) is 0 Å². The molecule has 144 valence electrons. The van der Waals surface area contributed by atoms with Crippen LogP contribution in [0.3, 0.4) is 0 Å². The van der Waals surface area contributed by atoms with Crippen molar-refractivity contribution in [3.63, 3.8) is 0 Å². The monoisotopic (exact) mass is 391 g/mol. The Balaban J connectivity index is 1.77. The number of phenols is 2. The van der Waals surface area contributed by atoms with Crippen molar-refractivity contribution >= 4 is 11.8 Å². The first-order valence-corrected chi connectivity index (χ1v) is 10.8. The van der Waals surface area contributed by atoms with Crippen molar-refractivity contribution in [1.82, 2.24) is 4.90 Å². The van der Waals surface area contributed by atoms with Gasteiger partial charge >= 0.3 is 0 Å². The number of thioether (sulfide) groups is 1. The number of hydrogen-bond acceptors (Lipinski definition) is 4. The lowest BCUT2D eigenvalue weighted by Gasteiger charge is -2.26. The van der Waals surface area contributed by atoms with Crippen LogP contribution in [-0.4, -0.2) is 34.5 Å². The summed E-state index contributed by atoms with van der Waals surface area (Å²) in [5.41, 5.74) is 4.82. The number of rotatable bonds is 4. The molecule has 0 aromatic heterocycles. The molecule has 0 bridgehead atoms. The molecule has 28 heavy (non-hydrogen) atoms. The Hall–Kier alpha value is -2.43. The van der Waals surface area contributed by atoms with Gasteiger partial charge in [-0.1, -0.05) is 60.7 Å². The van der Waals surface area contributed by atoms with Crippen LogP contribution in [0.25, 0.3) is 0 Å². The van der Waals surface area contributed by atoms with E-state index in [-0.39, 0.29) is 17.4 Å². The van der Waals surface area contributed by atoms with Crippen molar-refractivity contribution in [2.45, 2.75) is 23.8 Å². The topological polar surface area (TPSA) is 43.7 Å². The lowest BCUT2D eigenvalue weighted by molar-refractivity contribution is 0.268. The van der Waals surface area contributed by atoms with Gasteiger partial charge in [-0.2, -0.15) is 0 Å². The fourth-order valence-corrected chi connectivity index (χ4v) is 4.92. The molecule has 1 atom stereocenters. The zero-order valence-corrected chi connectivity index (χ0v) is 16.8. The molecule has 0 amide bonds. The molecule has 1 heterocycles. The quantitative estimate of drug-likeness (QED) is 0.485. The average Bonchev–Trinajstić information content (AvgIpc) is 2.90. The van der Waals surface area contributed by atoms with Crippen molar-refractivity contribution in [2.24, 2.45) is 0 Å². The van der Waals surface area contributed by atoms with Crippen LogP contribution < -0.4 is 0 Å². The van der Waals surface area contributed by atoms with Gasteiger partial charge in [-0.25, -0.2) is 0 Å². The Morgan fingerprint density at radius 3 is 2.36 bits per heavy atom. The molecule has 3 aromatic rings. The molecule has 0 saturated heterocycles. The van der Waals surface area contributed by atoms with E-state index >= 15 is 0 Å². The predicted octanol–water partition coefficient (Wildman–Crippen LogP) is 5.01. The van der Waals surface area contributed by atoms with Crippen LogP contribution in [-0.2, 0) is 13.0 Å². The zero-order valence-electron chi connectivity index (χ0n) is 16.0. The predicted molar refractivity (Wildman–Crippen MR) is 115 cm³/mol. The van der Waals surface area contributed by atoms with Gasteiger partial charge in [-0.05, 0) is 41.0 Å². The minimum Gasteiger partial charge on any atom is -0.504 e. The molecule has 0 radical (unpaired) electrons. The second-order valence-electron chi connectivity index (χ2n) is 7.28. The molecule has 0 saturated carbocycles. The van der Waals surface area contributed by atoms with Crippen LogP contribution in [0.4, 0.5) is 0 Å². The fraction of sp³-hybridized carbons (Fsp3) is 0.250. The Morgan fingerprint density at radius 2 is 1.68 bits per heavy atom. The molecule has 1 unspecified atom stereocenters. The number of nitrogens with zero attached hydrogens (tertiary/aromatic N) is 1. The third-order valence-corrected chi connectivity index (χ3v) is 6.37. The third kappa shape index (κ3) is 3.75. The second-order valence-corrected chi connectivity index (χ2v) is 8.10. The molecule has 4 heteroatoms. The molecule has 2 N–H and O–H groups in total. The molecule has 0 aliphatic carbocycles. The van der Waals surface area contributed by atoms with E-state index in [0.29, 0.717) is 0 Å². The maximum atomic E-state index is 10.4. The largest absolute Gasteiger partial charge is 0.504 e. The van der Waals surface area contributed by atoms with Crippen molar-refractivity contribution in [3.05, 3.63) is 89.0 Å². The van der Waals surface area contributed by atoms with Gasteiger partial charge in [0.25, 0.3) is 0 Å². The van der Waals surface area contributed by atoms with Crippen LogP contribution in [0, 0.1) is 0 Å². The third-order valence-electron chi connectivity index (χ3n) is 5.52. The van der Waals surface area contributed by atoms with E-state index in [9.17, 15) is 10.2 Å². The molecule has 4 rings (SSSR count). The first kappa shape index (κ1) is 18.9. The fourth-order valence-electron chi connectivity index (χ4n) is 4.16. The van der Waals surface area contributed by atoms with Crippen molar-refractivity contribution in [2.75, 3.05) is 19.3 Å². The molecular formula is C24H25NO2S. The number of aromatic hydroxyl groups is 2. The highest BCUT2D eigenvalue weighted by atomic mass is 32.2. The normalized spacial score (nSPS) is 17.1. The van der Waals surface area contributed by atoms with E-state index in [1.165, 1.54) is 22.9 Å². The van der Waals surface area contributed by atoms with Crippen LogP contribution in [0.15, 0.2) is 71.6 Å². The van der Waals surface area contributed by atoms with Gasteiger partial charge in [0.15, 0.2) is 11.5 Å². The Bertz CT molecular complexity index is 944. The summed E-state index contributed by atoms with van der Waals surface area (Å²) in [7, 11) is 0. The maximum absolute atomic E-state index is 10.4. The second kappa shape index (κ2) is 8.29. The highest BCUT2D eigenvalue weighted by molar-refractivity contribution is 7.98. The summed E-state index contributed by atoms with van der Waals surface area (Å²) in [6.45, 7) is 2.69. The van der Waals surface area contributed by atoms with Gasteiger partial charge < -0.3 is 10.2 Å². The zero-order chi connectivity index (χ0) is 19.5. The number of fused-ring (bicyclic) bond motifs is 1. The Morgan fingerprint density at radius 1 is 1.00 bits per heavy atom. The molecule has 0 spiro atoms. The first-order chi connectivity index (χ1) is 13.7. The first-order valence-electron chi connectivity index (χ1n) is 9.60.